The molecule has 17 heavy (non-hydrogen) atoms. The van der Waals surface area contributed by atoms with Crippen LogP contribution in [0.25, 0.3) is 0 Å². The smallest absolute Gasteiger partial charge is 0.304 e. The van der Waals surface area contributed by atoms with E-state index in [-0.39, 0.29) is 6.42 Å². The molecule has 0 saturated heterocycles. The first-order chi connectivity index (χ1) is 7.79. The average Bonchev–Trinajstić information content (AvgIpc) is 2.19. The molecule has 0 aromatic heterocycles. The molecule has 0 amide bonds. The summed E-state index contributed by atoms with van der Waals surface area (Å²) in [5, 5.41) is 8.96. The lowest BCUT2D eigenvalue weighted by Crippen LogP contribution is -2.22. The first kappa shape index (κ1) is 13.6. The monoisotopic (exact) mass is 236 g/mol. The predicted octanol–water partition coefficient (Wildman–Crippen LogP) is 3.06. The summed E-state index contributed by atoms with van der Waals surface area (Å²) >= 11 is 0. The van der Waals surface area contributed by atoms with Gasteiger partial charge in [-0.25, -0.2) is 0 Å². The first-order valence-electron chi connectivity index (χ1n) is 5.66. The molecule has 0 spiro atoms. The minimum absolute atomic E-state index is 0.0891. The second kappa shape index (κ2) is 4.78. The Kier molecular flexibility index (Phi) is 3.81. The maximum absolute atomic E-state index is 10.9. The number of ether oxygens (including phenoxy) is 1. The molecule has 0 heterocycles. The van der Waals surface area contributed by atoms with Crippen LogP contribution < -0.4 is 4.74 Å². The van der Waals surface area contributed by atoms with Gasteiger partial charge in [0.1, 0.15) is 5.75 Å². The van der Waals surface area contributed by atoms with Crippen molar-refractivity contribution in [3.05, 3.63) is 28.8 Å². The van der Waals surface area contributed by atoms with Gasteiger partial charge in [-0.05, 0) is 25.0 Å². The molecule has 0 fully saturated rings. The van der Waals surface area contributed by atoms with E-state index in [9.17, 15) is 4.79 Å². The topological polar surface area (TPSA) is 46.5 Å². The molecule has 0 saturated carbocycles. The maximum Gasteiger partial charge on any atom is 0.304 e. The van der Waals surface area contributed by atoms with Gasteiger partial charge in [0.2, 0.25) is 0 Å². The van der Waals surface area contributed by atoms with Crippen LogP contribution in [0.3, 0.4) is 0 Å². The molecule has 0 radical (unpaired) electrons. The highest BCUT2D eigenvalue weighted by atomic mass is 16.5. The van der Waals surface area contributed by atoms with Gasteiger partial charge in [0.05, 0.1) is 13.5 Å². The molecule has 0 aliphatic carbocycles. The molecule has 0 atom stereocenters. The van der Waals surface area contributed by atoms with Crippen molar-refractivity contribution in [2.24, 2.45) is 0 Å². The van der Waals surface area contributed by atoms with Crippen molar-refractivity contribution >= 4 is 5.97 Å². The van der Waals surface area contributed by atoms with Gasteiger partial charge in [0, 0.05) is 11.0 Å². The first-order valence-corrected chi connectivity index (χ1v) is 5.66. The molecule has 1 N–H and O–H groups in total. The van der Waals surface area contributed by atoms with E-state index in [2.05, 4.69) is 0 Å². The van der Waals surface area contributed by atoms with Crippen molar-refractivity contribution in [3.8, 4) is 5.75 Å². The van der Waals surface area contributed by atoms with E-state index in [4.69, 9.17) is 9.84 Å². The number of rotatable bonds is 4. The second-order valence-electron chi connectivity index (χ2n) is 5.04. The average molecular weight is 236 g/mol. The maximum atomic E-state index is 10.9. The number of aryl methyl sites for hydroxylation is 1. The van der Waals surface area contributed by atoms with E-state index in [0.29, 0.717) is 0 Å². The van der Waals surface area contributed by atoms with Crippen LogP contribution in [-0.4, -0.2) is 18.2 Å². The second-order valence-corrected chi connectivity index (χ2v) is 5.04. The highest BCUT2D eigenvalue weighted by molar-refractivity contribution is 5.69. The van der Waals surface area contributed by atoms with Crippen LogP contribution >= 0.6 is 0 Å². The van der Waals surface area contributed by atoms with Gasteiger partial charge in [-0.15, -0.1) is 0 Å². The van der Waals surface area contributed by atoms with Crippen LogP contribution in [0.1, 0.15) is 37.0 Å². The number of carboxylic acid groups (broad SMARTS) is 1. The Balaban J connectivity index is 3.31. The number of methoxy groups -OCH3 is 1. The SMILES string of the molecule is COc1c(C(C)(C)CC(=O)O)ccc(C)c1C. The van der Waals surface area contributed by atoms with E-state index in [0.717, 1.165) is 22.4 Å². The number of hydrogen-bond acceptors (Lipinski definition) is 2. The van der Waals surface area contributed by atoms with Crippen LogP contribution in [-0.2, 0) is 10.2 Å². The molecule has 94 valence electrons. The highest BCUT2D eigenvalue weighted by Gasteiger charge is 2.28. The summed E-state index contributed by atoms with van der Waals surface area (Å²) in [5.41, 5.74) is 2.74. The van der Waals surface area contributed by atoms with Crippen molar-refractivity contribution in [2.75, 3.05) is 7.11 Å². The Labute approximate surface area is 102 Å². The summed E-state index contributed by atoms with van der Waals surface area (Å²) in [6, 6.07) is 3.97. The highest BCUT2D eigenvalue weighted by Crippen LogP contribution is 2.37. The molecule has 1 rings (SSSR count). The standard InChI is InChI=1S/C14H20O3/c1-9-6-7-11(13(17-5)10(9)2)14(3,4)8-12(15)16/h6-7H,8H2,1-5H3,(H,15,16). The minimum atomic E-state index is -0.796. The summed E-state index contributed by atoms with van der Waals surface area (Å²) < 4.78 is 5.43. The molecule has 3 nitrogen and oxygen atoms in total. The van der Waals surface area contributed by atoms with Crippen LogP contribution in [0.4, 0.5) is 0 Å². The van der Waals surface area contributed by atoms with E-state index in [1.54, 1.807) is 7.11 Å². The fraction of sp³-hybridized carbons (Fsp3) is 0.500. The Hall–Kier alpha value is -1.51. The molecule has 1 aromatic carbocycles. The molecule has 3 heteroatoms. The molecular weight excluding hydrogens is 216 g/mol. The number of carbonyl (C=O) groups is 1. The molecule has 0 aliphatic heterocycles. The largest absolute Gasteiger partial charge is 0.496 e. The Bertz CT molecular complexity index is 433. The molecule has 0 unspecified atom stereocenters. The zero-order valence-corrected chi connectivity index (χ0v) is 11.1. The lowest BCUT2D eigenvalue weighted by atomic mass is 9.79. The van der Waals surface area contributed by atoms with Gasteiger partial charge in [0.15, 0.2) is 0 Å². The normalized spacial score (nSPS) is 11.4. The quantitative estimate of drug-likeness (QED) is 0.874. The van der Waals surface area contributed by atoms with E-state index in [1.165, 1.54) is 0 Å². The van der Waals surface area contributed by atoms with Gasteiger partial charge < -0.3 is 9.84 Å². The molecule has 1 aromatic rings. The summed E-state index contributed by atoms with van der Waals surface area (Å²) in [6.07, 6.45) is 0.0891. The van der Waals surface area contributed by atoms with Crippen LogP contribution in [0.2, 0.25) is 0 Å². The summed E-state index contributed by atoms with van der Waals surface area (Å²) in [4.78, 5) is 10.9. The number of benzene rings is 1. The predicted molar refractivity (Wildman–Crippen MR) is 67.7 cm³/mol. The molecule has 0 bridgehead atoms. The van der Waals surface area contributed by atoms with Gasteiger partial charge in [-0.1, -0.05) is 26.0 Å². The van der Waals surface area contributed by atoms with E-state index >= 15 is 0 Å². The Morgan fingerprint density at radius 3 is 2.41 bits per heavy atom. The summed E-state index contributed by atoms with van der Waals surface area (Å²) in [7, 11) is 1.63. The zero-order valence-electron chi connectivity index (χ0n) is 11.1. The third-order valence-electron chi connectivity index (χ3n) is 3.20. The Morgan fingerprint density at radius 1 is 1.35 bits per heavy atom. The minimum Gasteiger partial charge on any atom is -0.496 e. The molecular formula is C14H20O3. The zero-order chi connectivity index (χ0) is 13.2. The van der Waals surface area contributed by atoms with E-state index < -0.39 is 11.4 Å². The number of aliphatic carboxylic acids is 1. The van der Waals surface area contributed by atoms with E-state index in [1.807, 2.05) is 39.8 Å². The van der Waals surface area contributed by atoms with Crippen molar-refractivity contribution in [1.29, 1.82) is 0 Å². The lowest BCUT2D eigenvalue weighted by molar-refractivity contribution is -0.138. The fourth-order valence-corrected chi connectivity index (χ4v) is 2.06. The van der Waals surface area contributed by atoms with Gasteiger partial charge in [0.25, 0.3) is 0 Å². The van der Waals surface area contributed by atoms with Crippen molar-refractivity contribution in [1.82, 2.24) is 0 Å². The van der Waals surface area contributed by atoms with Crippen LogP contribution in [0, 0.1) is 13.8 Å². The summed E-state index contributed by atoms with van der Waals surface area (Å²) in [6.45, 7) is 7.86. The fourth-order valence-electron chi connectivity index (χ4n) is 2.06. The van der Waals surface area contributed by atoms with Gasteiger partial charge in [-0.2, -0.15) is 0 Å². The van der Waals surface area contributed by atoms with Crippen molar-refractivity contribution in [3.63, 3.8) is 0 Å². The van der Waals surface area contributed by atoms with Crippen molar-refractivity contribution in [2.45, 2.75) is 39.5 Å². The number of hydrogen-bond donors (Lipinski definition) is 1. The van der Waals surface area contributed by atoms with Gasteiger partial charge >= 0.3 is 5.97 Å². The van der Waals surface area contributed by atoms with Crippen molar-refractivity contribution < 1.29 is 14.6 Å². The Morgan fingerprint density at radius 2 is 1.94 bits per heavy atom. The van der Waals surface area contributed by atoms with Crippen LogP contribution in [0.5, 0.6) is 5.75 Å². The molecule has 0 aliphatic rings. The third kappa shape index (κ3) is 2.78. The number of carboxylic acids is 1. The van der Waals surface area contributed by atoms with Gasteiger partial charge in [-0.3, -0.25) is 4.79 Å². The summed E-state index contributed by atoms with van der Waals surface area (Å²) in [5.74, 6) is 0.00605. The third-order valence-corrected chi connectivity index (χ3v) is 3.20. The van der Waals surface area contributed by atoms with Crippen LogP contribution in [0.15, 0.2) is 12.1 Å². The lowest BCUT2D eigenvalue weighted by Gasteiger charge is -2.26.